The smallest absolute Gasteiger partial charge is 0.348 e. The van der Waals surface area contributed by atoms with Crippen molar-refractivity contribution < 1.29 is 88.9 Å². The Balaban J connectivity index is 1.79. The van der Waals surface area contributed by atoms with Crippen LogP contribution in [0.1, 0.15) is 117 Å². The summed E-state index contributed by atoms with van der Waals surface area (Å²) in [7, 11) is 0. The molecule has 64 heavy (non-hydrogen) atoms. The average molecular weight is 889 g/mol. The Morgan fingerprint density at radius 1 is 0.703 bits per heavy atom. The Kier molecular flexibility index (Phi) is 12.5. The maximum atomic E-state index is 13.5. The lowest BCUT2D eigenvalue weighted by Crippen LogP contribution is -2.92. The second-order valence-electron chi connectivity index (χ2n) is 17.5. The fraction of sp³-hybridized carbons (Fsp3) is 0.512. The van der Waals surface area contributed by atoms with Crippen molar-refractivity contribution in [3.8, 4) is 0 Å². The molecule has 0 amide bonds. The molecule has 2 fully saturated rings. The molecule has 0 radical (unpaired) electrons. The summed E-state index contributed by atoms with van der Waals surface area (Å²) in [6.07, 6.45) is -4.37. The average Bonchev–Trinajstić information content (AvgIpc) is 3.87. The van der Waals surface area contributed by atoms with Crippen molar-refractivity contribution in [1.82, 2.24) is 15.3 Å². The first-order chi connectivity index (χ1) is 29.8. The van der Waals surface area contributed by atoms with Gasteiger partial charge in [0.1, 0.15) is 0 Å². The molecule has 21 heteroatoms. The number of hydrogen-bond acceptors (Lipinski definition) is 18. The first-order valence-corrected chi connectivity index (χ1v) is 20.5. The minimum Gasteiger partial charge on any atom is -0.550 e. The zero-order valence-electron chi connectivity index (χ0n) is 35.0. The molecule has 6 rings (SSSR count). The van der Waals surface area contributed by atoms with E-state index in [1.807, 2.05) is 0 Å². The standard InChI is InChI=1S/C43H50N4O17/c1-40(17-37(60)61)23(6-10-33(52)53)28-15-27-21(12-35(56)57)19(4-8-31(48)49)25(44-27)14-26-20(5-9-32(50)51)22(13-36(58)59)39(46-26)42(3,63)43-41(2,18-38(62)64-43)24(7-11-34(54)55)29(47-43)16-30(40)45-28/h15-16,23-24,44-46,63H,4-14,17-18H2,1-3H3,(H,48,49)(H,50,51)(H,52,53)(H,54,55)(H,56,57)(H,58,59)(H,60,61)/p-6/b28-15-,30-16?/t23-,24-,40+,41+,42+,43-/m1/s1. The van der Waals surface area contributed by atoms with Gasteiger partial charge in [-0.25, -0.2) is 4.99 Å². The van der Waals surface area contributed by atoms with E-state index in [-0.39, 0.29) is 87.8 Å². The van der Waals surface area contributed by atoms with Gasteiger partial charge in [0.25, 0.3) is 0 Å². The fourth-order valence-corrected chi connectivity index (χ4v) is 10.6. The number of nitrogens with one attached hydrogen (secondary N) is 4. The molecule has 344 valence electrons. The molecule has 6 heterocycles. The van der Waals surface area contributed by atoms with Crippen LogP contribution in [0, 0.1) is 22.7 Å². The number of carbonyl (C=O) groups is 8. The minimum atomic E-state index is -2.55. The highest BCUT2D eigenvalue weighted by Gasteiger charge is 2.79. The maximum absolute atomic E-state index is 13.5. The SMILES string of the molecule is C[C@]1(O)c2[nH]c(c(CCC(=O)[O-])c2CC(=O)[O-])Cc2[nH]c(c(CC(=O)[O-])c2CCC(=O)[O-])/C=C2\NC(=CC3=[NH+][C@]14OC(=O)C[C@@]4(C)[C@@H]3CCC(=O)[O-])[C@@](C)(CC(=O)[O-])[C@@H]2CCC(=O)[O-]. The predicted octanol–water partition coefficient (Wildman–Crippen LogP) is -8.44. The number of fused-ring (bicyclic) bond motifs is 6. The Labute approximate surface area is 363 Å². The number of aliphatic carboxylic acids is 7. The molecule has 1 spiro atoms. The van der Waals surface area contributed by atoms with Crippen LogP contribution < -0.4 is 46.1 Å². The number of aliphatic hydroxyl groups is 1. The van der Waals surface area contributed by atoms with Crippen LogP contribution in [0.2, 0.25) is 0 Å². The summed E-state index contributed by atoms with van der Waals surface area (Å²) in [4.78, 5) is 108. The Morgan fingerprint density at radius 3 is 1.78 bits per heavy atom. The number of rotatable bonds is 18. The van der Waals surface area contributed by atoms with E-state index in [1.54, 1.807) is 0 Å². The third-order valence-corrected chi connectivity index (χ3v) is 13.4. The number of carboxylic acids is 7. The van der Waals surface area contributed by atoms with Crippen LogP contribution in [0.5, 0.6) is 0 Å². The summed E-state index contributed by atoms with van der Waals surface area (Å²) in [5.74, 6) is -13.9. The first kappa shape index (κ1) is 46.7. The first-order valence-electron chi connectivity index (χ1n) is 20.5. The molecule has 5 N–H and O–H groups in total. The van der Waals surface area contributed by atoms with E-state index < -0.39 is 140 Å². The molecule has 6 atom stereocenters. The summed E-state index contributed by atoms with van der Waals surface area (Å²) in [5, 5.41) is 101. The van der Waals surface area contributed by atoms with Crippen molar-refractivity contribution in [2.24, 2.45) is 22.7 Å². The van der Waals surface area contributed by atoms with E-state index in [2.05, 4.69) is 20.3 Å². The Hall–Kier alpha value is -6.77. The number of aromatic amines is 2. The van der Waals surface area contributed by atoms with Crippen LogP contribution in [-0.4, -0.2) is 74.3 Å². The van der Waals surface area contributed by atoms with Gasteiger partial charge in [0.2, 0.25) is 5.60 Å². The molecular formula is C43H44N4O17-6. The lowest BCUT2D eigenvalue weighted by Gasteiger charge is -2.40. The fourth-order valence-electron chi connectivity index (χ4n) is 10.6. The number of carbonyl (C=O) groups excluding carboxylic acids is 8. The lowest BCUT2D eigenvalue weighted by atomic mass is 9.62. The quantitative estimate of drug-likeness (QED) is 0.0868. The summed E-state index contributed by atoms with van der Waals surface area (Å²) < 4.78 is 6.06. The van der Waals surface area contributed by atoms with Gasteiger partial charge in [0, 0.05) is 107 Å². The number of ether oxygens (including phenoxy) is 1. The molecule has 4 aliphatic rings. The third-order valence-electron chi connectivity index (χ3n) is 13.4. The van der Waals surface area contributed by atoms with Crippen molar-refractivity contribution in [2.45, 2.75) is 116 Å². The largest absolute Gasteiger partial charge is 0.550 e. The molecule has 4 aliphatic heterocycles. The van der Waals surface area contributed by atoms with Crippen LogP contribution in [0.15, 0.2) is 17.5 Å². The second kappa shape index (κ2) is 17.1. The second-order valence-corrected chi connectivity index (χ2v) is 17.5. The van der Waals surface area contributed by atoms with Gasteiger partial charge in [-0.2, -0.15) is 0 Å². The van der Waals surface area contributed by atoms with Crippen molar-refractivity contribution in [3.63, 3.8) is 0 Å². The van der Waals surface area contributed by atoms with Gasteiger partial charge in [0.15, 0.2) is 5.71 Å². The molecular weight excluding hydrogens is 844 g/mol. The number of H-pyrrole nitrogens is 2. The van der Waals surface area contributed by atoms with Crippen LogP contribution in [0.25, 0.3) is 6.08 Å². The zero-order valence-corrected chi connectivity index (χ0v) is 35.0. The molecule has 2 saturated heterocycles. The van der Waals surface area contributed by atoms with Crippen molar-refractivity contribution in [2.75, 3.05) is 0 Å². The maximum Gasteiger partial charge on any atom is 0.348 e. The van der Waals surface area contributed by atoms with Crippen LogP contribution in [0.3, 0.4) is 0 Å². The summed E-state index contributed by atoms with van der Waals surface area (Å²) in [5.41, 5.74) is -7.94. The van der Waals surface area contributed by atoms with Gasteiger partial charge < -0.3 is 94.4 Å². The third kappa shape index (κ3) is 8.38. The highest BCUT2D eigenvalue weighted by Crippen LogP contribution is 2.58. The molecule has 0 aliphatic carbocycles. The molecule has 2 aromatic heterocycles. The topological polar surface area (TPSA) is 385 Å². The summed E-state index contributed by atoms with van der Waals surface area (Å²) in [6, 6.07) is 0. The number of esters is 1. The van der Waals surface area contributed by atoms with Crippen molar-refractivity contribution in [1.29, 1.82) is 0 Å². The Morgan fingerprint density at radius 2 is 1.23 bits per heavy atom. The molecule has 0 unspecified atom stereocenters. The van der Waals surface area contributed by atoms with E-state index in [0.29, 0.717) is 0 Å². The van der Waals surface area contributed by atoms with Crippen molar-refractivity contribution in [3.05, 3.63) is 62.5 Å². The lowest BCUT2D eigenvalue weighted by molar-refractivity contribution is -0.643. The Bertz CT molecular complexity index is 2450. The van der Waals surface area contributed by atoms with Crippen LogP contribution >= 0.6 is 0 Å². The normalized spacial score (nSPS) is 27.6. The summed E-state index contributed by atoms with van der Waals surface area (Å²) >= 11 is 0. The molecule has 0 aromatic carbocycles. The van der Waals surface area contributed by atoms with E-state index in [4.69, 9.17) is 4.74 Å². The predicted molar refractivity (Wildman–Crippen MR) is 198 cm³/mol. The van der Waals surface area contributed by atoms with Gasteiger partial charge in [-0.15, -0.1) is 0 Å². The van der Waals surface area contributed by atoms with Crippen LogP contribution in [-0.2, 0) is 80.8 Å². The highest BCUT2D eigenvalue weighted by molar-refractivity contribution is 5.96. The zero-order chi connectivity index (χ0) is 47.3. The van der Waals surface area contributed by atoms with E-state index in [1.165, 1.54) is 32.9 Å². The number of hydrogen-bond donors (Lipinski definition) is 5. The van der Waals surface area contributed by atoms with E-state index in [9.17, 15) is 79.2 Å². The van der Waals surface area contributed by atoms with Gasteiger partial charge >= 0.3 is 11.7 Å². The minimum absolute atomic E-state index is 0.0115. The number of allylic oxidation sites excluding steroid dienone is 3. The molecule has 8 bridgehead atoms. The van der Waals surface area contributed by atoms with Crippen LogP contribution in [0.4, 0.5) is 0 Å². The molecule has 0 saturated carbocycles. The van der Waals surface area contributed by atoms with Gasteiger partial charge in [0.05, 0.1) is 23.4 Å². The van der Waals surface area contributed by atoms with E-state index >= 15 is 0 Å². The van der Waals surface area contributed by atoms with Gasteiger partial charge in [-0.3, -0.25) is 4.79 Å². The van der Waals surface area contributed by atoms with Crippen molar-refractivity contribution >= 4 is 59.5 Å². The van der Waals surface area contributed by atoms with Gasteiger partial charge in [-0.1, -0.05) is 6.92 Å². The monoisotopic (exact) mass is 888 g/mol. The summed E-state index contributed by atoms with van der Waals surface area (Å²) in [6.45, 7) is 4.20. The number of carboxylic acid groups (broad SMARTS) is 7. The molecule has 2 aromatic rings. The molecule has 21 nitrogen and oxygen atoms in total. The van der Waals surface area contributed by atoms with E-state index in [0.717, 1.165) is 0 Å². The number of aromatic nitrogens is 2. The highest BCUT2D eigenvalue weighted by atomic mass is 16.6. The van der Waals surface area contributed by atoms with Gasteiger partial charge in [-0.05, 0) is 100.0 Å².